The first-order chi connectivity index (χ1) is 19.0. The molecule has 1 atom stereocenters. The van der Waals surface area contributed by atoms with Crippen LogP contribution in [0.15, 0.2) is 48.8 Å². The van der Waals surface area contributed by atoms with Crippen molar-refractivity contribution in [1.29, 1.82) is 5.26 Å². The zero-order chi connectivity index (χ0) is 28.7. The number of anilines is 2. The highest BCUT2D eigenvalue weighted by atomic mass is 35.5. The van der Waals surface area contributed by atoms with Crippen molar-refractivity contribution >= 4 is 45.5 Å². The van der Waals surface area contributed by atoms with Gasteiger partial charge < -0.3 is 20.5 Å². The average Bonchev–Trinajstić information content (AvgIpc) is 3.38. The zero-order valence-electron chi connectivity index (χ0n) is 22.8. The van der Waals surface area contributed by atoms with Crippen molar-refractivity contribution in [2.24, 2.45) is 5.41 Å². The Morgan fingerprint density at radius 2 is 2.03 bits per heavy atom. The number of nitrogens with one attached hydrogen (secondary N) is 2. The molecule has 1 aliphatic heterocycles. The van der Waals surface area contributed by atoms with Crippen LogP contribution in [0, 0.1) is 16.7 Å². The smallest absolute Gasteiger partial charge is 0.134 e. The summed E-state index contributed by atoms with van der Waals surface area (Å²) in [6.45, 7) is 7.29. The van der Waals surface area contributed by atoms with Crippen LogP contribution >= 0.6 is 23.2 Å². The highest BCUT2D eigenvalue weighted by Crippen LogP contribution is 2.37. The second-order valence-corrected chi connectivity index (χ2v) is 11.6. The minimum atomic E-state index is -1.70. The standard InChI is InChI=1S/C28H29Cl2N7O2/c1-27(2,3)13-33-24-17(10-31)11-32-25-20(24)8-18(9-22(25)30)34-26(19-6-4-5-7-21(19)29)23-12-37(36-35-23)28(14-38)15-39-16-28/h4-9,11-12,26,34,38H,13-16H2,1-3H3,(H,32,33)/t26-/m1/s1/i26D. The lowest BCUT2D eigenvalue weighted by Gasteiger charge is -2.39. The van der Waals surface area contributed by atoms with Gasteiger partial charge in [0.1, 0.15) is 17.3 Å². The van der Waals surface area contributed by atoms with E-state index >= 15 is 0 Å². The fourth-order valence-electron chi connectivity index (χ4n) is 4.28. The molecule has 2 aromatic carbocycles. The Balaban J connectivity index is 1.64. The van der Waals surface area contributed by atoms with Gasteiger partial charge in [0.2, 0.25) is 0 Å². The summed E-state index contributed by atoms with van der Waals surface area (Å²) in [5.41, 5.74) is 1.93. The second-order valence-electron chi connectivity index (χ2n) is 10.8. The molecule has 0 amide bonds. The van der Waals surface area contributed by atoms with Gasteiger partial charge in [-0.25, -0.2) is 4.68 Å². The third-order valence-electron chi connectivity index (χ3n) is 6.52. The molecule has 3 heterocycles. The fourth-order valence-corrected chi connectivity index (χ4v) is 4.78. The quantitative estimate of drug-likeness (QED) is 0.260. The van der Waals surface area contributed by atoms with Crippen molar-refractivity contribution in [2.45, 2.75) is 32.3 Å². The summed E-state index contributed by atoms with van der Waals surface area (Å²) in [5.74, 6) is 0. The third kappa shape index (κ3) is 5.38. The summed E-state index contributed by atoms with van der Waals surface area (Å²) in [6, 6.07) is 11.0. The topological polar surface area (TPSA) is 121 Å². The van der Waals surface area contributed by atoms with E-state index in [4.69, 9.17) is 27.9 Å². The molecule has 0 saturated carbocycles. The van der Waals surface area contributed by atoms with E-state index in [1.54, 1.807) is 47.3 Å². The summed E-state index contributed by atoms with van der Waals surface area (Å²) in [4.78, 5) is 4.43. The number of ether oxygens (including phenoxy) is 1. The Morgan fingerprint density at radius 1 is 1.26 bits per heavy atom. The largest absolute Gasteiger partial charge is 0.394 e. The third-order valence-corrected chi connectivity index (χ3v) is 7.14. The van der Waals surface area contributed by atoms with Gasteiger partial charge in [-0.3, -0.25) is 4.98 Å². The Labute approximate surface area is 238 Å². The van der Waals surface area contributed by atoms with Gasteiger partial charge in [0, 0.05) is 28.8 Å². The maximum Gasteiger partial charge on any atom is 0.134 e. The molecule has 0 spiro atoms. The van der Waals surface area contributed by atoms with Crippen molar-refractivity contribution in [3.05, 3.63) is 75.7 Å². The van der Waals surface area contributed by atoms with Crippen LogP contribution in [-0.4, -0.2) is 51.4 Å². The van der Waals surface area contributed by atoms with Gasteiger partial charge in [-0.2, -0.15) is 5.26 Å². The maximum atomic E-state index is 9.99. The van der Waals surface area contributed by atoms with Crippen LogP contribution in [0.2, 0.25) is 10.0 Å². The average molecular weight is 567 g/mol. The predicted octanol–water partition coefficient (Wildman–Crippen LogP) is 5.38. The van der Waals surface area contributed by atoms with Crippen LogP contribution in [0.4, 0.5) is 11.4 Å². The van der Waals surface area contributed by atoms with E-state index in [1.807, 2.05) is 0 Å². The second kappa shape index (κ2) is 10.6. The van der Waals surface area contributed by atoms with E-state index in [1.165, 1.54) is 6.20 Å². The summed E-state index contributed by atoms with van der Waals surface area (Å²) in [7, 11) is 0. The number of nitriles is 1. The van der Waals surface area contributed by atoms with Crippen LogP contribution in [0.1, 0.15) is 45.0 Å². The Kier molecular flexibility index (Phi) is 7.04. The maximum absolute atomic E-state index is 9.99. The van der Waals surface area contributed by atoms with E-state index in [-0.39, 0.29) is 30.9 Å². The van der Waals surface area contributed by atoms with Crippen molar-refractivity contribution in [2.75, 3.05) is 37.0 Å². The summed E-state index contributed by atoms with van der Waals surface area (Å²) in [6.07, 6.45) is 3.13. The molecule has 0 unspecified atom stereocenters. The van der Waals surface area contributed by atoms with Crippen LogP contribution < -0.4 is 10.6 Å². The molecule has 1 saturated heterocycles. The van der Waals surface area contributed by atoms with Gasteiger partial charge in [0.05, 0.1) is 55.2 Å². The lowest BCUT2D eigenvalue weighted by Crippen LogP contribution is -2.54. The molecule has 1 fully saturated rings. The van der Waals surface area contributed by atoms with Crippen molar-refractivity contribution < 1.29 is 11.2 Å². The fraction of sp³-hybridized carbons (Fsp3) is 0.357. The Hall–Kier alpha value is -3.42. The number of aliphatic hydroxyl groups is 1. The normalized spacial score (nSPS) is 16.6. The van der Waals surface area contributed by atoms with Gasteiger partial charge in [-0.15, -0.1) is 5.10 Å². The lowest BCUT2D eigenvalue weighted by atomic mass is 9.96. The molecule has 0 bridgehead atoms. The summed E-state index contributed by atoms with van der Waals surface area (Å²) in [5, 5.41) is 36.4. The van der Waals surface area contributed by atoms with E-state index in [2.05, 4.69) is 52.8 Å². The number of hydrogen-bond donors (Lipinski definition) is 3. The molecule has 2 aromatic heterocycles. The van der Waals surface area contributed by atoms with E-state index in [9.17, 15) is 11.7 Å². The molecular weight excluding hydrogens is 537 g/mol. The lowest BCUT2D eigenvalue weighted by molar-refractivity contribution is -0.130. The number of aromatic nitrogens is 4. The zero-order valence-corrected chi connectivity index (χ0v) is 23.3. The molecule has 11 heteroatoms. The number of fused-ring (bicyclic) bond motifs is 1. The Bertz CT molecular complexity index is 1610. The first-order valence-corrected chi connectivity index (χ1v) is 13.2. The van der Waals surface area contributed by atoms with Gasteiger partial charge in [0.15, 0.2) is 0 Å². The molecule has 3 N–H and O–H groups in total. The molecule has 39 heavy (non-hydrogen) atoms. The van der Waals surface area contributed by atoms with Crippen molar-refractivity contribution in [3.63, 3.8) is 0 Å². The molecule has 0 aliphatic carbocycles. The minimum Gasteiger partial charge on any atom is -0.394 e. The number of halogens is 2. The van der Waals surface area contributed by atoms with Crippen LogP contribution in [-0.2, 0) is 10.3 Å². The van der Waals surface area contributed by atoms with Gasteiger partial charge >= 0.3 is 0 Å². The summed E-state index contributed by atoms with van der Waals surface area (Å²) >= 11 is 13.3. The highest BCUT2D eigenvalue weighted by Gasteiger charge is 2.41. The summed E-state index contributed by atoms with van der Waals surface area (Å²) < 4.78 is 16.5. The number of aliphatic hydroxyl groups excluding tert-OH is 1. The van der Waals surface area contributed by atoms with E-state index < -0.39 is 11.6 Å². The minimum absolute atomic E-state index is 0.0500. The molecule has 4 aromatic rings. The number of nitrogens with zero attached hydrogens (tertiary/aromatic N) is 5. The number of benzene rings is 2. The SMILES string of the molecule is [2H][C@](Nc1cc(Cl)c2ncc(C#N)c(NCC(C)(C)C)c2c1)(c1cn(C2(CO)COC2)nn1)c1ccccc1Cl. The number of pyridine rings is 1. The first kappa shape index (κ1) is 25.8. The monoisotopic (exact) mass is 566 g/mol. The molecular formula is C28H29Cl2N7O2. The highest BCUT2D eigenvalue weighted by molar-refractivity contribution is 6.36. The van der Waals surface area contributed by atoms with Crippen LogP contribution in [0.3, 0.4) is 0 Å². The molecule has 1 aliphatic rings. The van der Waals surface area contributed by atoms with Crippen molar-refractivity contribution in [3.8, 4) is 6.07 Å². The number of rotatable bonds is 8. The van der Waals surface area contributed by atoms with E-state index in [0.29, 0.717) is 50.0 Å². The van der Waals surface area contributed by atoms with Gasteiger partial charge in [-0.05, 0) is 29.2 Å². The van der Waals surface area contributed by atoms with Crippen LogP contribution in [0.25, 0.3) is 10.9 Å². The first-order valence-electron chi connectivity index (χ1n) is 12.9. The number of hydrogen-bond acceptors (Lipinski definition) is 8. The predicted molar refractivity (Wildman–Crippen MR) is 152 cm³/mol. The Morgan fingerprint density at radius 3 is 2.67 bits per heavy atom. The van der Waals surface area contributed by atoms with E-state index in [0.717, 1.165) is 0 Å². The van der Waals surface area contributed by atoms with Gasteiger partial charge in [0.25, 0.3) is 0 Å². The van der Waals surface area contributed by atoms with Crippen LogP contribution in [0.5, 0.6) is 0 Å². The molecule has 9 nitrogen and oxygen atoms in total. The van der Waals surface area contributed by atoms with Crippen molar-refractivity contribution in [1.82, 2.24) is 20.0 Å². The molecule has 0 radical (unpaired) electrons. The molecule has 202 valence electrons. The molecule has 5 rings (SSSR count). The van der Waals surface area contributed by atoms with Gasteiger partial charge in [-0.1, -0.05) is 67.4 Å².